The Morgan fingerprint density at radius 1 is 1.21 bits per heavy atom. The van der Waals surface area contributed by atoms with Crippen LogP contribution in [0.3, 0.4) is 0 Å². The standard InChI is InChI=1S/C16H22N2S/c1-13(12-16-4-3-11-19-16)18(2)10-9-14-5-7-15(17)8-6-14/h3-8,11,13H,9-10,12,17H2,1-2H3. The van der Waals surface area contributed by atoms with Gasteiger partial charge in [-0.25, -0.2) is 0 Å². The number of hydrogen-bond donors (Lipinski definition) is 1. The Bertz CT molecular complexity index is 476. The van der Waals surface area contributed by atoms with Gasteiger partial charge >= 0.3 is 0 Å². The summed E-state index contributed by atoms with van der Waals surface area (Å²) in [5.74, 6) is 0. The van der Waals surface area contributed by atoms with Crippen molar-refractivity contribution in [3.05, 3.63) is 52.2 Å². The second-order valence-electron chi connectivity index (χ2n) is 5.10. The molecule has 3 heteroatoms. The molecule has 0 fully saturated rings. The molecule has 0 spiro atoms. The van der Waals surface area contributed by atoms with Crippen LogP contribution in [0, 0.1) is 0 Å². The topological polar surface area (TPSA) is 29.3 Å². The number of nitrogens with two attached hydrogens (primary N) is 1. The SMILES string of the molecule is CC(Cc1cccs1)N(C)CCc1ccc(N)cc1. The second kappa shape index (κ2) is 6.73. The third-order valence-electron chi connectivity index (χ3n) is 3.56. The van der Waals surface area contributed by atoms with E-state index in [1.165, 1.54) is 10.4 Å². The fourth-order valence-electron chi connectivity index (χ4n) is 2.09. The zero-order valence-electron chi connectivity index (χ0n) is 11.7. The first-order valence-corrected chi connectivity index (χ1v) is 7.60. The van der Waals surface area contributed by atoms with E-state index in [1.54, 1.807) is 0 Å². The lowest BCUT2D eigenvalue weighted by Gasteiger charge is -2.24. The number of rotatable bonds is 6. The first-order chi connectivity index (χ1) is 9.15. The normalized spacial score (nSPS) is 12.8. The fraction of sp³-hybridized carbons (Fsp3) is 0.375. The van der Waals surface area contributed by atoms with Crippen molar-refractivity contribution in [3.8, 4) is 0 Å². The number of thiophene rings is 1. The molecule has 0 aliphatic heterocycles. The van der Waals surface area contributed by atoms with E-state index in [4.69, 9.17) is 5.73 Å². The molecule has 102 valence electrons. The molecular formula is C16H22N2S. The lowest BCUT2D eigenvalue weighted by atomic mass is 10.1. The van der Waals surface area contributed by atoms with Crippen LogP contribution in [-0.2, 0) is 12.8 Å². The third kappa shape index (κ3) is 4.37. The molecule has 0 saturated carbocycles. The van der Waals surface area contributed by atoms with E-state index in [0.717, 1.165) is 25.1 Å². The van der Waals surface area contributed by atoms with Crippen molar-refractivity contribution in [2.24, 2.45) is 0 Å². The Morgan fingerprint density at radius 2 is 1.95 bits per heavy atom. The zero-order chi connectivity index (χ0) is 13.7. The van der Waals surface area contributed by atoms with Crippen molar-refractivity contribution in [1.29, 1.82) is 0 Å². The molecule has 0 radical (unpaired) electrons. The molecule has 19 heavy (non-hydrogen) atoms. The van der Waals surface area contributed by atoms with Gasteiger partial charge in [0.15, 0.2) is 0 Å². The maximum absolute atomic E-state index is 5.70. The Morgan fingerprint density at radius 3 is 2.58 bits per heavy atom. The van der Waals surface area contributed by atoms with Crippen LogP contribution in [0.15, 0.2) is 41.8 Å². The van der Waals surface area contributed by atoms with E-state index in [0.29, 0.717) is 6.04 Å². The van der Waals surface area contributed by atoms with Gasteiger partial charge in [0.2, 0.25) is 0 Å². The summed E-state index contributed by atoms with van der Waals surface area (Å²) < 4.78 is 0. The average molecular weight is 274 g/mol. The van der Waals surface area contributed by atoms with Crippen LogP contribution in [0.2, 0.25) is 0 Å². The minimum absolute atomic E-state index is 0.576. The highest BCUT2D eigenvalue weighted by molar-refractivity contribution is 7.09. The number of likely N-dealkylation sites (N-methyl/N-ethyl adjacent to an activating group) is 1. The van der Waals surface area contributed by atoms with Crippen LogP contribution in [0.4, 0.5) is 5.69 Å². The van der Waals surface area contributed by atoms with Crippen molar-refractivity contribution in [2.75, 3.05) is 19.3 Å². The van der Waals surface area contributed by atoms with Gasteiger partial charge < -0.3 is 10.6 Å². The second-order valence-corrected chi connectivity index (χ2v) is 6.14. The molecule has 1 unspecified atom stereocenters. The highest BCUT2D eigenvalue weighted by atomic mass is 32.1. The molecule has 0 amide bonds. The van der Waals surface area contributed by atoms with Crippen LogP contribution >= 0.6 is 11.3 Å². The Hall–Kier alpha value is -1.32. The van der Waals surface area contributed by atoms with Crippen LogP contribution in [-0.4, -0.2) is 24.5 Å². The third-order valence-corrected chi connectivity index (χ3v) is 4.46. The van der Waals surface area contributed by atoms with Crippen molar-refractivity contribution >= 4 is 17.0 Å². The maximum Gasteiger partial charge on any atom is 0.0314 e. The molecule has 1 aromatic carbocycles. The van der Waals surface area contributed by atoms with Crippen molar-refractivity contribution in [1.82, 2.24) is 4.90 Å². The van der Waals surface area contributed by atoms with E-state index >= 15 is 0 Å². The molecule has 0 bridgehead atoms. The highest BCUT2D eigenvalue weighted by Gasteiger charge is 2.10. The summed E-state index contributed by atoms with van der Waals surface area (Å²) in [6.45, 7) is 3.37. The van der Waals surface area contributed by atoms with Gasteiger partial charge in [-0.3, -0.25) is 0 Å². The minimum Gasteiger partial charge on any atom is -0.399 e. The molecule has 1 atom stereocenters. The molecular weight excluding hydrogens is 252 g/mol. The first-order valence-electron chi connectivity index (χ1n) is 6.72. The number of anilines is 1. The number of benzene rings is 1. The average Bonchev–Trinajstić information content (AvgIpc) is 2.90. The summed E-state index contributed by atoms with van der Waals surface area (Å²) in [6, 6.07) is 13.1. The van der Waals surface area contributed by atoms with Crippen LogP contribution < -0.4 is 5.73 Å². The van der Waals surface area contributed by atoms with Crippen molar-refractivity contribution in [3.63, 3.8) is 0 Å². The number of nitrogens with zero attached hydrogens (tertiary/aromatic N) is 1. The molecule has 0 saturated heterocycles. The van der Waals surface area contributed by atoms with Crippen LogP contribution in [0.5, 0.6) is 0 Å². The number of hydrogen-bond acceptors (Lipinski definition) is 3. The Kier molecular flexibility index (Phi) is 5.00. The van der Waals surface area contributed by atoms with Gasteiger partial charge in [-0.15, -0.1) is 11.3 Å². The summed E-state index contributed by atoms with van der Waals surface area (Å²) in [6.07, 6.45) is 2.21. The Balaban J connectivity index is 1.80. The fourth-order valence-corrected chi connectivity index (χ4v) is 2.91. The van der Waals surface area contributed by atoms with E-state index in [-0.39, 0.29) is 0 Å². The molecule has 0 aliphatic rings. The minimum atomic E-state index is 0.576. The maximum atomic E-state index is 5.70. The zero-order valence-corrected chi connectivity index (χ0v) is 12.5. The van der Waals surface area contributed by atoms with Gasteiger partial charge in [-0.1, -0.05) is 18.2 Å². The van der Waals surface area contributed by atoms with Crippen molar-refractivity contribution < 1.29 is 0 Å². The summed E-state index contributed by atoms with van der Waals surface area (Å²) in [5.41, 5.74) is 7.88. The summed E-state index contributed by atoms with van der Waals surface area (Å²) in [4.78, 5) is 3.89. The summed E-state index contributed by atoms with van der Waals surface area (Å²) in [5, 5.41) is 2.15. The predicted molar refractivity (Wildman–Crippen MR) is 84.7 cm³/mol. The first kappa shape index (κ1) is 14.1. The van der Waals surface area contributed by atoms with Gasteiger partial charge in [0.05, 0.1) is 0 Å². The molecule has 2 aromatic rings. The molecule has 0 aliphatic carbocycles. The van der Waals surface area contributed by atoms with E-state index in [2.05, 4.69) is 48.5 Å². The quantitative estimate of drug-likeness (QED) is 0.818. The van der Waals surface area contributed by atoms with Crippen molar-refractivity contribution in [2.45, 2.75) is 25.8 Å². The molecule has 1 heterocycles. The Labute approximate surface area is 119 Å². The lowest BCUT2D eigenvalue weighted by Crippen LogP contribution is -2.32. The van der Waals surface area contributed by atoms with Gasteiger partial charge in [-0.2, -0.15) is 0 Å². The van der Waals surface area contributed by atoms with Gasteiger partial charge in [0, 0.05) is 23.2 Å². The van der Waals surface area contributed by atoms with Crippen LogP contribution in [0.1, 0.15) is 17.4 Å². The number of nitrogen functional groups attached to an aromatic ring is 1. The van der Waals surface area contributed by atoms with Gasteiger partial charge in [0.1, 0.15) is 0 Å². The van der Waals surface area contributed by atoms with Crippen LogP contribution in [0.25, 0.3) is 0 Å². The van der Waals surface area contributed by atoms with Gasteiger partial charge in [-0.05, 0) is 56.0 Å². The van der Waals surface area contributed by atoms with E-state index in [9.17, 15) is 0 Å². The molecule has 2 N–H and O–H groups in total. The van der Waals surface area contributed by atoms with E-state index < -0.39 is 0 Å². The molecule has 2 rings (SSSR count). The van der Waals surface area contributed by atoms with E-state index in [1.807, 2.05) is 23.5 Å². The predicted octanol–water partition coefficient (Wildman–Crippen LogP) is 3.44. The lowest BCUT2D eigenvalue weighted by molar-refractivity contribution is 0.260. The summed E-state index contributed by atoms with van der Waals surface area (Å²) in [7, 11) is 2.20. The monoisotopic (exact) mass is 274 g/mol. The summed E-state index contributed by atoms with van der Waals surface area (Å²) >= 11 is 1.84. The molecule has 1 aromatic heterocycles. The smallest absolute Gasteiger partial charge is 0.0314 e. The van der Waals surface area contributed by atoms with Gasteiger partial charge in [0.25, 0.3) is 0 Å². The highest BCUT2D eigenvalue weighted by Crippen LogP contribution is 2.14. The molecule has 2 nitrogen and oxygen atoms in total. The largest absolute Gasteiger partial charge is 0.399 e.